The van der Waals surface area contributed by atoms with Crippen LogP contribution in [0.1, 0.15) is 45.1 Å². The zero-order valence-electron chi connectivity index (χ0n) is 20.3. The second-order valence-electron chi connectivity index (χ2n) is 9.69. The van der Waals surface area contributed by atoms with E-state index in [9.17, 15) is 19.5 Å². The number of halogens is 1. The highest BCUT2D eigenvalue weighted by atomic mass is 79.9. The van der Waals surface area contributed by atoms with Crippen LogP contribution in [0.4, 0.5) is 0 Å². The standard InChI is InChI=1S/C26H35BrN2O6/c1-3-5-9-12-28-23(31)22-26-14-18(27)21(35-26)19(25(33)34-4-2)20(26)24(32)29(22)17(15-30)13-16-10-7-6-8-11-16/h6-8,10-11,17-22,30H,3-5,9,12-15H2,1-2H3,(H,28,31)/t17-,18?,19-,20+,21-,22-,26+/m1/s1. The third-order valence-electron chi connectivity index (χ3n) is 7.53. The number of ether oxygens (including phenoxy) is 2. The van der Waals surface area contributed by atoms with Crippen LogP contribution in [0.2, 0.25) is 0 Å². The van der Waals surface area contributed by atoms with E-state index >= 15 is 0 Å². The molecule has 9 heteroatoms. The first-order valence-electron chi connectivity index (χ1n) is 12.6. The van der Waals surface area contributed by atoms with E-state index in [0.29, 0.717) is 19.4 Å². The summed E-state index contributed by atoms with van der Waals surface area (Å²) in [5.74, 6) is -2.72. The molecule has 3 saturated heterocycles. The molecule has 1 aromatic carbocycles. The molecule has 1 aromatic rings. The van der Waals surface area contributed by atoms with Crippen molar-refractivity contribution in [1.82, 2.24) is 10.2 Å². The molecule has 2 bridgehead atoms. The van der Waals surface area contributed by atoms with Crippen molar-refractivity contribution >= 4 is 33.7 Å². The Bertz CT molecular complexity index is 930. The van der Waals surface area contributed by atoms with Crippen molar-refractivity contribution in [3.8, 4) is 0 Å². The van der Waals surface area contributed by atoms with Crippen LogP contribution < -0.4 is 5.32 Å². The minimum Gasteiger partial charge on any atom is -0.466 e. The maximum atomic E-state index is 14.0. The van der Waals surface area contributed by atoms with Gasteiger partial charge in [0.25, 0.3) is 0 Å². The fourth-order valence-corrected chi connectivity index (χ4v) is 7.03. The predicted octanol–water partition coefficient (Wildman–Crippen LogP) is 2.21. The van der Waals surface area contributed by atoms with E-state index in [-0.39, 0.29) is 29.9 Å². The molecule has 0 saturated carbocycles. The van der Waals surface area contributed by atoms with Gasteiger partial charge in [-0.25, -0.2) is 0 Å². The van der Waals surface area contributed by atoms with Crippen molar-refractivity contribution in [2.75, 3.05) is 19.8 Å². The summed E-state index contributed by atoms with van der Waals surface area (Å²) in [6, 6.07) is 8.00. The molecule has 3 aliphatic heterocycles. The van der Waals surface area contributed by atoms with Gasteiger partial charge in [0.15, 0.2) is 0 Å². The Balaban J connectivity index is 1.70. The number of nitrogens with zero attached hydrogens (tertiary/aromatic N) is 1. The van der Waals surface area contributed by atoms with E-state index in [1.54, 1.807) is 6.92 Å². The Morgan fingerprint density at radius 1 is 1.29 bits per heavy atom. The SMILES string of the molecule is CCCCCNC(=O)[C@H]1N([C@@H](CO)Cc2ccccc2)C(=O)[C@@H]2[C@@H](C(=O)OCC)[C@@H]3O[C@@]21CC3Br. The zero-order chi connectivity index (χ0) is 25.2. The lowest BCUT2D eigenvalue weighted by molar-refractivity contribution is -0.155. The summed E-state index contributed by atoms with van der Waals surface area (Å²) < 4.78 is 11.8. The highest BCUT2D eigenvalue weighted by Crippen LogP contribution is 2.60. The van der Waals surface area contributed by atoms with E-state index in [4.69, 9.17) is 9.47 Å². The fourth-order valence-electron chi connectivity index (χ4n) is 6.09. The maximum absolute atomic E-state index is 14.0. The monoisotopic (exact) mass is 550 g/mol. The van der Waals surface area contributed by atoms with Crippen molar-refractivity contribution in [3.05, 3.63) is 35.9 Å². The molecule has 4 rings (SSSR count). The van der Waals surface area contributed by atoms with Gasteiger partial charge < -0.3 is 24.8 Å². The van der Waals surface area contributed by atoms with Gasteiger partial charge in [0.05, 0.1) is 37.2 Å². The zero-order valence-corrected chi connectivity index (χ0v) is 21.9. The first-order valence-corrected chi connectivity index (χ1v) is 13.5. The molecule has 1 spiro atoms. The average Bonchev–Trinajstić information content (AvgIpc) is 3.44. The number of alkyl halides is 1. The number of unbranched alkanes of at least 4 members (excludes halogenated alkanes) is 2. The van der Waals surface area contributed by atoms with E-state index in [0.717, 1.165) is 24.8 Å². The molecule has 1 unspecified atom stereocenters. The number of amides is 2. The van der Waals surface area contributed by atoms with Crippen LogP contribution in [0.5, 0.6) is 0 Å². The van der Waals surface area contributed by atoms with E-state index < -0.39 is 41.6 Å². The van der Waals surface area contributed by atoms with Crippen LogP contribution in [-0.2, 0) is 30.3 Å². The summed E-state index contributed by atoms with van der Waals surface area (Å²) in [6.45, 7) is 4.20. The number of benzene rings is 1. The van der Waals surface area contributed by atoms with Gasteiger partial charge in [-0.2, -0.15) is 0 Å². The number of rotatable bonds is 11. The van der Waals surface area contributed by atoms with Crippen molar-refractivity contribution in [1.29, 1.82) is 0 Å². The molecular weight excluding hydrogens is 516 g/mol. The quantitative estimate of drug-likeness (QED) is 0.248. The Kier molecular flexibility index (Phi) is 8.18. The maximum Gasteiger partial charge on any atom is 0.312 e. The second kappa shape index (κ2) is 11.0. The topological polar surface area (TPSA) is 105 Å². The number of aliphatic hydroxyl groups excluding tert-OH is 1. The van der Waals surface area contributed by atoms with E-state index in [1.165, 1.54) is 4.90 Å². The van der Waals surface area contributed by atoms with Crippen molar-refractivity contribution in [2.45, 2.75) is 74.6 Å². The lowest BCUT2D eigenvalue weighted by Gasteiger charge is -2.37. The molecule has 192 valence electrons. The van der Waals surface area contributed by atoms with Gasteiger partial charge in [0.2, 0.25) is 11.8 Å². The average molecular weight is 551 g/mol. The molecule has 7 atom stereocenters. The number of nitrogens with one attached hydrogen (secondary N) is 1. The van der Waals surface area contributed by atoms with Crippen LogP contribution in [0, 0.1) is 11.8 Å². The third-order valence-corrected chi connectivity index (χ3v) is 8.38. The molecule has 8 nitrogen and oxygen atoms in total. The van der Waals surface area contributed by atoms with Crippen molar-refractivity contribution < 1.29 is 29.0 Å². The van der Waals surface area contributed by atoms with Gasteiger partial charge in [-0.1, -0.05) is 66.0 Å². The van der Waals surface area contributed by atoms with E-state index in [1.807, 2.05) is 30.3 Å². The number of aliphatic hydroxyl groups is 1. The van der Waals surface area contributed by atoms with Crippen LogP contribution in [0.25, 0.3) is 0 Å². The molecular formula is C26H35BrN2O6. The first-order chi connectivity index (χ1) is 16.9. The van der Waals surface area contributed by atoms with E-state index in [2.05, 4.69) is 28.2 Å². The van der Waals surface area contributed by atoms with Gasteiger partial charge in [-0.05, 0) is 31.7 Å². The highest BCUT2D eigenvalue weighted by molar-refractivity contribution is 9.09. The van der Waals surface area contributed by atoms with Crippen molar-refractivity contribution in [3.63, 3.8) is 0 Å². The number of esters is 1. The Morgan fingerprint density at radius 2 is 2.03 bits per heavy atom. The molecule has 3 fully saturated rings. The van der Waals surface area contributed by atoms with Gasteiger partial charge >= 0.3 is 5.97 Å². The molecule has 35 heavy (non-hydrogen) atoms. The normalized spacial score (nSPS) is 31.9. The lowest BCUT2D eigenvalue weighted by atomic mass is 9.70. The summed E-state index contributed by atoms with van der Waals surface area (Å²) in [5.41, 5.74) is -0.201. The van der Waals surface area contributed by atoms with Gasteiger partial charge in [-0.3, -0.25) is 14.4 Å². The van der Waals surface area contributed by atoms with Gasteiger partial charge in [-0.15, -0.1) is 0 Å². The fraction of sp³-hybridized carbons (Fsp3) is 0.654. The summed E-state index contributed by atoms with van der Waals surface area (Å²) in [5, 5.41) is 13.4. The summed E-state index contributed by atoms with van der Waals surface area (Å²) in [4.78, 5) is 42.0. The Labute approximate surface area is 214 Å². The minimum atomic E-state index is -1.15. The first kappa shape index (κ1) is 26.1. The van der Waals surface area contributed by atoms with Crippen molar-refractivity contribution in [2.24, 2.45) is 11.8 Å². The summed E-state index contributed by atoms with van der Waals surface area (Å²) >= 11 is 3.64. The third kappa shape index (κ3) is 4.62. The summed E-state index contributed by atoms with van der Waals surface area (Å²) in [6.07, 6.45) is 3.12. The molecule has 3 aliphatic rings. The molecule has 2 N–H and O–H groups in total. The van der Waals surface area contributed by atoms with Crippen LogP contribution in [0.15, 0.2) is 30.3 Å². The van der Waals surface area contributed by atoms with Crippen LogP contribution in [0.3, 0.4) is 0 Å². The lowest BCUT2D eigenvalue weighted by Crippen LogP contribution is -2.58. The molecule has 3 heterocycles. The number of carbonyl (C=O) groups is 3. The number of likely N-dealkylation sites (tertiary alicyclic amines) is 1. The predicted molar refractivity (Wildman–Crippen MR) is 133 cm³/mol. The number of carbonyl (C=O) groups excluding carboxylic acids is 3. The largest absolute Gasteiger partial charge is 0.466 e. The highest BCUT2D eigenvalue weighted by Gasteiger charge is 2.77. The van der Waals surface area contributed by atoms with Crippen LogP contribution in [-0.4, -0.2) is 76.2 Å². The molecule has 2 amide bonds. The second-order valence-corrected chi connectivity index (χ2v) is 10.9. The van der Waals surface area contributed by atoms with Gasteiger partial charge in [0.1, 0.15) is 11.6 Å². The molecule has 0 aliphatic carbocycles. The smallest absolute Gasteiger partial charge is 0.312 e. The minimum absolute atomic E-state index is 0.182. The number of hydrogen-bond acceptors (Lipinski definition) is 6. The van der Waals surface area contributed by atoms with Crippen LogP contribution >= 0.6 is 15.9 Å². The number of hydrogen-bond donors (Lipinski definition) is 2. The van der Waals surface area contributed by atoms with Gasteiger partial charge in [0, 0.05) is 11.4 Å². The Hall–Kier alpha value is -1.97. The summed E-state index contributed by atoms with van der Waals surface area (Å²) in [7, 11) is 0. The molecule has 0 aromatic heterocycles. The molecule has 0 radical (unpaired) electrons. The number of fused-ring (bicyclic) bond motifs is 1. The Morgan fingerprint density at radius 3 is 2.69 bits per heavy atom.